The van der Waals surface area contributed by atoms with Crippen LogP contribution in [-0.4, -0.2) is 6.10 Å². The summed E-state index contributed by atoms with van der Waals surface area (Å²) >= 11 is 0. The summed E-state index contributed by atoms with van der Waals surface area (Å²) in [5.74, 6) is 0.918. The van der Waals surface area contributed by atoms with Crippen molar-refractivity contribution in [2.24, 2.45) is 5.73 Å². The van der Waals surface area contributed by atoms with Crippen molar-refractivity contribution in [3.05, 3.63) is 77.9 Å². The van der Waals surface area contributed by atoms with Crippen LogP contribution in [0.5, 0.6) is 5.75 Å². The predicted molar refractivity (Wildman–Crippen MR) is 85.4 cm³/mol. The molecular formula is C19H17NO. The van der Waals surface area contributed by atoms with Gasteiger partial charge >= 0.3 is 0 Å². The molecule has 3 aromatic rings. The van der Waals surface area contributed by atoms with Crippen molar-refractivity contribution < 1.29 is 4.74 Å². The number of ether oxygens (including phenoxy) is 1. The summed E-state index contributed by atoms with van der Waals surface area (Å²) in [6, 6.07) is 22.7. The molecular weight excluding hydrogens is 258 g/mol. The van der Waals surface area contributed by atoms with E-state index < -0.39 is 0 Å². The lowest BCUT2D eigenvalue weighted by molar-refractivity contribution is 0.187. The van der Waals surface area contributed by atoms with E-state index in [1.165, 1.54) is 16.5 Å². The fourth-order valence-corrected chi connectivity index (χ4v) is 3.17. The van der Waals surface area contributed by atoms with Gasteiger partial charge in [0.15, 0.2) is 0 Å². The monoisotopic (exact) mass is 275 g/mol. The van der Waals surface area contributed by atoms with Crippen molar-refractivity contribution in [3.63, 3.8) is 0 Å². The first-order valence-electron chi connectivity index (χ1n) is 7.31. The molecule has 0 radical (unpaired) electrons. The summed E-state index contributed by atoms with van der Waals surface area (Å²) < 4.78 is 6.26. The van der Waals surface area contributed by atoms with E-state index in [9.17, 15) is 0 Å². The van der Waals surface area contributed by atoms with Crippen molar-refractivity contribution in [2.45, 2.75) is 18.6 Å². The van der Waals surface area contributed by atoms with Gasteiger partial charge in [0.2, 0.25) is 0 Å². The lowest BCUT2D eigenvalue weighted by Crippen LogP contribution is -2.27. The normalized spacial score (nSPS) is 20.4. The minimum Gasteiger partial charge on any atom is -0.487 e. The Balaban J connectivity index is 1.68. The Morgan fingerprint density at radius 1 is 0.857 bits per heavy atom. The Morgan fingerprint density at radius 3 is 2.52 bits per heavy atom. The maximum Gasteiger partial charge on any atom is 0.127 e. The Morgan fingerprint density at radius 2 is 1.62 bits per heavy atom. The molecule has 0 saturated heterocycles. The highest BCUT2D eigenvalue weighted by Crippen LogP contribution is 2.34. The van der Waals surface area contributed by atoms with Crippen LogP contribution in [0.2, 0.25) is 0 Å². The third kappa shape index (κ3) is 2.08. The fraction of sp³-hybridized carbons (Fsp3) is 0.158. The van der Waals surface area contributed by atoms with Crippen molar-refractivity contribution in [2.75, 3.05) is 0 Å². The van der Waals surface area contributed by atoms with E-state index in [1.54, 1.807) is 0 Å². The van der Waals surface area contributed by atoms with Crippen LogP contribution in [0, 0.1) is 0 Å². The van der Waals surface area contributed by atoms with Crippen LogP contribution in [0.25, 0.3) is 10.8 Å². The maximum absolute atomic E-state index is 6.36. The van der Waals surface area contributed by atoms with Crippen molar-refractivity contribution in [1.82, 2.24) is 0 Å². The van der Waals surface area contributed by atoms with E-state index in [1.807, 2.05) is 30.3 Å². The van der Waals surface area contributed by atoms with Crippen LogP contribution in [0.1, 0.15) is 17.2 Å². The van der Waals surface area contributed by atoms with E-state index >= 15 is 0 Å². The first kappa shape index (κ1) is 12.4. The van der Waals surface area contributed by atoms with Crippen molar-refractivity contribution in [1.29, 1.82) is 0 Å². The highest BCUT2D eigenvalue weighted by Gasteiger charge is 2.31. The third-order valence-corrected chi connectivity index (χ3v) is 4.26. The van der Waals surface area contributed by atoms with Crippen molar-refractivity contribution >= 4 is 10.8 Å². The van der Waals surface area contributed by atoms with Gasteiger partial charge in [-0.15, -0.1) is 0 Å². The molecule has 0 amide bonds. The van der Waals surface area contributed by atoms with Crippen LogP contribution in [0.3, 0.4) is 0 Å². The topological polar surface area (TPSA) is 35.2 Å². The van der Waals surface area contributed by atoms with Crippen LogP contribution in [0.4, 0.5) is 0 Å². The number of hydrogen-bond acceptors (Lipinski definition) is 2. The van der Waals surface area contributed by atoms with Crippen LogP contribution >= 0.6 is 0 Å². The SMILES string of the molecule is NC1c2ccccc2CC1Oc1cccc2ccccc12. The third-order valence-electron chi connectivity index (χ3n) is 4.26. The molecule has 2 N–H and O–H groups in total. The van der Waals surface area contributed by atoms with Gasteiger partial charge < -0.3 is 10.5 Å². The second kappa shape index (κ2) is 4.90. The summed E-state index contributed by atoms with van der Waals surface area (Å²) in [6.45, 7) is 0. The minimum atomic E-state index is -0.0554. The Labute approximate surface area is 124 Å². The van der Waals surface area contributed by atoms with E-state index in [0.29, 0.717) is 0 Å². The number of benzene rings is 3. The van der Waals surface area contributed by atoms with Crippen LogP contribution in [0.15, 0.2) is 66.7 Å². The number of hydrogen-bond donors (Lipinski definition) is 1. The molecule has 2 atom stereocenters. The molecule has 3 aromatic carbocycles. The highest BCUT2D eigenvalue weighted by molar-refractivity contribution is 5.88. The average molecular weight is 275 g/mol. The summed E-state index contributed by atoms with van der Waals surface area (Å²) in [7, 11) is 0. The average Bonchev–Trinajstić information content (AvgIpc) is 2.85. The Hall–Kier alpha value is -2.32. The van der Waals surface area contributed by atoms with Crippen LogP contribution < -0.4 is 10.5 Å². The molecule has 2 unspecified atom stereocenters. The highest BCUT2D eigenvalue weighted by atomic mass is 16.5. The van der Waals surface area contributed by atoms with Gasteiger partial charge in [-0.1, -0.05) is 60.7 Å². The zero-order valence-electron chi connectivity index (χ0n) is 11.7. The second-order valence-electron chi connectivity index (χ2n) is 5.56. The van der Waals surface area contributed by atoms with Gasteiger partial charge in [-0.25, -0.2) is 0 Å². The first-order chi connectivity index (χ1) is 10.3. The van der Waals surface area contributed by atoms with Gasteiger partial charge in [-0.3, -0.25) is 0 Å². The summed E-state index contributed by atoms with van der Waals surface area (Å²) in [4.78, 5) is 0. The van der Waals surface area contributed by atoms with Gasteiger partial charge in [0.1, 0.15) is 11.9 Å². The van der Waals surface area contributed by atoms with E-state index in [0.717, 1.165) is 17.6 Å². The zero-order chi connectivity index (χ0) is 14.2. The van der Waals surface area contributed by atoms with E-state index in [4.69, 9.17) is 10.5 Å². The lowest BCUT2D eigenvalue weighted by atomic mass is 10.1. The summed E-state index contributed by atoms with van der Waals surface area (Å²) in [5.41, 5.74) is 8.87. The number of rotatable bonds is 2. The Kier molecular flexibility index (Phi) is 2.90. The quantitative estimate of drug-likeness (QED) is 0.771. The van der Waals surface area contributed by atoms with E-state index in [-0.39, 0.29) is 12.1 Å². The molecule has 0 saturated carbocycles. The van der Waals surface area contributed by atoms with Crippen molar-refractivity contribution in [3.8, 4) is 5.75 Å². The largest absolute Gasteiger partial charge is 0.487 e. The molecule has 104 valence electrons. The van der Waals surface area contributed by atoms with E-state index in [2.05, 4.69) is 36.4 Å². The lowest BCUT2D eigenvalue weighted by Gasteiger charge is -2.19. The molecule has 0 fully saturated rings. The molecule has 2 nitrogen and oxygen atoms in total. The minimum absolute atomic E-state index is 0.00760. The molecule has 2 heteroatoms. The van der Waals surface area contributed by atoms with Gasteiger partial charge in [-0.05, 0) is 22.6 Å². The molecule has 1 aliphatic rings. The molecule has 0 aliphatic heterocycles. The summed E-state index contributed by atoms with van der Waals surface area (Å²) in [6.07, 6.45) is 0.883. The smallest absolute Gasteiger partial charge is 0.127 e. The molecule has 0 bridgehead atoms. The predicted octanol–water partition coefficient (Wildman–Crippen LogP) is 3.84. The molecule has 1 aliphatic carbocycles. The molecule has 0 spiro atoms. The van der Waals surface area contributed by atoms with Crippen LogP contribution in [-0.2, 0) is 6.42 Å². The molecule has 0 heterocycles. The van der Waals surface area contributed by atoms with Gasteiger partial charge in [0.05, 0.1) is 6.04 Å². The van der Waals surface area contributed by atoms with Gasteiger partial charge in [-0.2, -0.15) is 0 Å². The first-order valence-corrected chi connectivity index (χ1v) is 7.31. The standard InChI is InChI=1S/C19H17NO/c20-19-16-10-4-2-7-14(16)12-18(19)21-17-11-5-8-13-6-1-3-9-15(13)17/h1-11,18-19H,12,20H2. The number of fused-ring (bicyclic) bond motifs is 2. The Bertz CT molecular complexity index is 791. The zero-order valence-corrected chi connectivity index (χ0v) is 11.7. The fourth-order valence-electron chi connectivity index (χ4n) is 3.17. The summed E-state index contributed by atoms with van der Waals surface area (Å²) in [5, 5.41) is 2.34. The van der Waals surface area contributed by atoms with Gasteiger partial charge in [0.25, 0.3) is 0 Å². The molecule has 4 rings (SSSR count). The molecule has 21 heavy (non-hydrogen) atoms. The number of nitrogens with two attached hydrogens (primary N) is 1. The molecule has 0 aromatic heterocycles. The van der Waals surface area contributed by atoms with Gasteiger partial charge in [0, 0.05) is 11.8 Å². The second-order valence-corrected chi connectivity index (χ2v) is 5.56. The maximum atomic E-state index is 6.36.